The number of carbonyl (C=O) groups is 1. The van der Waals surface area contributed by atoms with Crippen molar-refractivity contribution in [1.82, 2.24) is 5.32 Å². The van der Waals surface area contributed by atoms with Crippen LogP contribution < -0.4 is 11.1 Å². The Morgan fingerprint density at radius 3 is 2.65 bits per heavy atom. The van der Waals surface area contributed by atoms with Gasteiger partial charge in [-0.15, -0.1) is 0 Å². The van der Waals surface area contributed by atoms with Crippen molar-refractivity contribution in [3.8, 4) is 0 Å². The Kier molecular flexibility index (Phi) is 3.60. The molecule has 2 bridgehead atoms. The van der Waals surface area contributed by atoms with Crippen LogP contribution in [0.1, 0.15) is 31.7 Å². The van der Waals surface area contributed by atoms with Crippen molar-refractivity contribution in [1.29, 1.82) is 0 Å². The minimum Gasteiger partial charge on any atom is -0.373 e. The van der Waals surface area contributed by atoms with Crippen molar-refractivity contribution >= 4 is 21.8 Å². The van der Waals surface area contributed by atoms with Gasteiger partial charge in [0.25, 0.3) is 0 Å². The van der Waals surface area contributed by atoms with E-state index in [0.29, 0.717) is 6.10 Å². The molecule has 5 heteroatoms. The summed E-state index contributed by atoms with van der Waals surface area (Å²) in [5.74, 6) is -0.138. The molecule has 4 atom stereocenters. The highest BCUT2D eigenvalue weighted by molar-refractivity contribution is 9.10. The van der Waals surface area contributed by atoms with Gasteiger partial charge in [0, 0.05) is 4.47 Å². The molecule has 0 aromatic heterocycles. The van der Waals surface area contributed by atoms with E-state index in [1.807, 2.05) is 24.3 Å². The zero-order chi connectivity index (χ0) is 14.3. The molecule has 2 heterocycles. The average molecular weight is 339 g/mol. The number of hydrogen-bond donors (Lipinski definition) is 2. The van der Waals surface area contributed by atoms with Crippen molar-refractivity contribution < 1.29 is 9.53 Å². The zero-order valence-corrected chi connectivity index (χ0v) is 13.0. The van der Waals surface area contributed by atoms with Crippen molar-refractivity contribution in [3.63, 3.8) is 0 Å². The molecule has 2 saturated heterocycles. The van der Waals surface area contributed by atoms with Crippen molar-refractivity contribution in [2.45, 2.75) is 50.0 Å². The Hall–Kier alpha value is -0.910. The van der Waals surface area contributed by atoms with Crippen molar-refractivity contribution in [3.05, 3.63) is 34.3 Å². The van der Waals surface area contributed by atoms with Crippen LogP contribution in [0.5, 0.6) is 0 Å². The molecule has 0 spiro atoms. The second kappa shape index (κ2) is 5.13. The van der Waals surface area contributed by atoms with E-state index in [9.17, 15) is 4.79 Å². The van der Waals surface area contributed by atoms with E-state index >= 15 is 0 Å². The van der Waals surface area contributed by atoms with E-state index in [0.717, 1.165) is 29.3 Å². The maximum absolute atomic E-state index is 12.5. The number of fused-ring (bicyclic) bond motifs is 2. The number of nitrogens with two attached hydrogens (primary N) is 1. The molecule has 1 aromatic carbocycles. The van der Waals surface area contributed by atoms with E-state index in [1.165, 1.54) is 0 Å². The molecule has 1 aromatic rings. The van der Waals surface area contributed by atoms with Gasteiger partial charge in [-0.3, -0.25) is 4.79 Å². The normalized spacial score (nSPS) is 31.1. The first-order chi connectivity index (χ1) is 9.46. The second-order valence-corrected chi connectivity index (χ2v) is 6.81. The predicted molar refractivity (Wildman–Crippen MR) is 80.1 cm³/mol. The molecule has 0 aliphatic carbocycles. The smallest absolute Gasteiger partial charge is 0.244 e. The number of amides is 1. The lowest BCUT2D eigenvalue weighted by Gasteiger charge is -2.28. The Morgan fingerprint density at radius 1 is 1.40 bits per heavy atom. The lowest BCUT2D eigenvalue weighted by Crippen LogP contribution is -2.53. The van der Waals surface area contributed by atoms with Gasteiger partial charge in [0.15, 0.2) is 0 Å². The minimum absolute atomic E-state index is 0.111. The molecule has 0 saturated carbocycles. The first kappa shape index (κ1) is 14.0. The third kappa shape index (κ3) is 2.50. The highest BCUT2D eigenvalue weighted by Crippen LogP contribution is 2.34. The molecule has 1 amide bonds. The fraction of sp³-hybridized carbons (Fsp3) is 0.533. The quantitative estimate of drug-likeness (QED) is 0.886. The van der Waals surface area contributed by atoms with Gasteiger partial charge in [-0.05, 0) is 43.9 Å². The summed E-state index contributed by atoms with van der Waals surface area (Å²) in [6, 6.07) is 7.66. The summed E-state index contributed by atoms with van der Waals surface area (Å²) in [6.45, 7) is 1.75. The van der Waals surface area contributed by atoms with Gasteiger partial charge in [-0.1, -0.05) is 28.1 Å². The summed E-state index contributed by atoms with van der Waals surface area (Å²) in [5, 5.41) is 3.06. The number of hydrogen-bond acceptors (Lipinski definition) is 3. The van der Waals surface area contributed by atoms with Gasteiger partial charge in [0.05, 0.1) is 18.2 Å². The minimum atomic E-state index is -1.03. The van der Waals surface area contributed by atoms with Crippen LogP contribution >= 0.6 is 15.9 Å². The maximum Gasteiger partial charge on any atom is 0.244 e. The molecular formula is C15H19BrN2O2. The topological polar surface area (TPSA) is 64.4 Å². The summed E-state index contributed by atoms with van der Waals surface area (Å²) >= 11 is 3.38. The van der Waals surface area contributed by atoms with Gasteiger partial charge >= 0.3 is 0 Å². The molecule has 3 rings (SSSR count). The Labute approximate surface area is 127 Å². The number of benzene rings is 1. The fourth-order valence-corrected chi connectivity index (χ4v) is 3.30. The third-order valence-corrected chi connectivity index (χ3v) is 4.87. The molecule has 20 heavy (non-hydrogen) atoms. The summed E-state index contributed by atoms with van der Waals surface area (Å²) < 4.78 is 6.73. The molecule has 3 N–H and O–H groups in total. The molecule has 0 radical (unpaired) electrons. The summed E-state index contributed by atoms with van der Waals surface area (Å²) in [5.41, 5.74) is 6.02. The lowest BCUT2D eigenvalue weighted by molar-refractivity contribution is -0.127. The van der Waals surface area contributed by atoms with Crippen LogP contribution in [-0.4, -0.2) is 24.2 Å². The molecule has 2 aliphatic rings. The Bertz CT molecular complexity index is 515. The highest BCUT2D eigenvalue weighted by Gasteiger charge is 2.43. The largest absolute Gasteiger partial charge is 0.373 e. The molecule has 1 unspecified atom stereocenters. The van der Waals surface area contributed by atoms with Gasteiger partial charge in [-0.25, -0.2) is 0 Å². The molecule has 2 aliphatic heterocycles. The van der Waals surface area contributed by atoms with E-state index in [2.05, 4.69) is 21.2 Å². The maximum atomic E-state index is 12.5. The van der Waals surface area contributed by atoms with E-state index in [-0.39, 0.29) is 18.1 Å². The van der Waals surface area contributed by atoms with Crippen LogP contribution in [-0.2, 0) is 15.1 Å². The van der Waals surface area contributed by atoms with E-state index in [1.54, 1.807) is 6.92 Å². The summed E-state index contributed by atoms with van der Waals surface area (Å²) in [6.07, 6.45) is 3.55. The van der Waals surface area contributed by atoms with E-state index in [4.69, 9.17) is 10.5 Å². The van der Waals surface area contributed by atoms with Crippen LogP contribution in [0.3, 0.4) is 0 Å². The molecular weight excluding hydrogens is 320 g/mol. The molecule has 108 valence electrons. The summed E-state index contributed by atoms with van der Waals surface area (Å²) in [4.78, 5) is 12.5. The van der Waals surface area contributed by atoms with Crippen LogP contribution in [0.4, 0.5) is 0 Å². The first-order valence-corrected chi connectivity index (χ1v) is 7.77. The number of halogens is 1. The van der Waals surface area contributed by atoms with Crippen molar-refractivity contribution in [2.24, 2.45) is 5.73 Å². The number of rotatable bonds is 3. The first-order valence-electron chi connectivity index (χ1n) is 6.98. The lowest BCUT2D eigenvalue weighted by atomic mass is 9.90. The Morgan fingerprint density at radius 2 is 2.10 bits per heavy atom. The highest BCUT2D eigenvalue weighted by atomic mass is 79.9. The summed E-state index contributed by atoms with van der Waals surface area (Å²) in [7, 11) is 0. The standard InChI is InChI=1S/C15H19BrN2O2/c1-15(17,9-2-4-10(16)5-3-9)14(19)18-12-8-11-6-7-13(12)20-11/h2-5,11-13H,6-8,17H2,1H3,(H,18,19)/t11-,12-,13+,15?/m1/s1. The van der Waals surface area contributed by atoms with Crippen molar-refractivity contribution in [2.75, 3.05) is 0 Å². The Balaban J connectivity index is 1.70. The SMILES string of the molecule is CC(N)(C(=O)N[C@@H]1C[C@H]2CC[C@@H]1O2)c1ccc(Br)cc1. The third-order valence-electron chi connectivity index (χ3n) is 4.34. The van der Waals surface area contributed by atoms with Gasteiger partial charge < -0.3 is 15.8 Å². The average Bonchev–Trinajstić information content (AvgIpc) is 3.01. The van der Waals surface area contributed by atoms with Crippen LogP contribution in [0.15, 0.2) is 28.7 Å². The number of carbonyl (C=O) groups excluding carboxylic acids is 1. The monoisotopic (exact) mass is 338 g/mol. The molecule has 2 fully saturated rings. The fourth-order valence-electron chi connectivity index (χ4n) is 3.04. The second-order valence-electron chi connectivity index (χ2n) is 5.90. The van der Waals surface area contributed by atoms with Crippen LogP contribution in [0.25, 0.3) is 0 Å². The number of ether oxygens (including phenoxy) is 1. The van der Waals surface area contributed by atoms with Gasteiger partial charge in [-0.2, -0.15) is 0 Å². The van der Waals surface area contributed by atoms with Crippen LogP contribution in [0, 0.1) is 0 Å². The predicted octanol–water partition coefficient (Wildman–Crippen LogP) is 2.06. The number of nitrogens with one attached hydrogen (secondary N) is 1. The van der Waals surface area contributed by atoms with Gasteiger partial charge in [0.1, 0.15) is 5.54 Å². The zero-order valence-electron chi connectivity index (χ0n) is 11.4. The van der Waals surface area contributed by atoms with Gasteiger partial charge in [0.2, 0.25) is 5.91 Å². The van der Waals surface area contributed by atoms with Crippen LogP contribution in [0.2, 0.25) is 0 Å². The molecule has 4 nitrogen and oxygen atoms in total. The van der Waals surface area contributed by atoms with E-state index < -0.39 is 5.54 Å².